The summed E-state index contributed by atoms with van der Waals surface area (Å²) in [5, 5.41) is 30.5. The second-order valence-corrected chi connectivity index (χ2v) is 9.13. The van der Waals surface area contributed by atoms with Gasteiger partial charge in [0, 0.05) is 42.7 Å². The smallest absolute Gasteiger partial charge is 0.408 e. The number of ether oxygens (including phenoxy) is 1. The minimum Gasteiger partial charge on any atom is -0.481 e. The molecule has 3 rings (SSSR count). The fourth-order valence-corrected chi connectivity index (χ4v) is 4.48. The number of carboxylic acid groups (broad SMARTS) is 1. The lowest BCUT2D eigenvalue weighted by atomic mass is 9.92. The number of amides is 1. The van der Waals surface area contributed by atoms with E-state index in [1.165, 1.54) is 12.0 Å². The molecule has 0 aliphatic carbocycles. The van der Waals surface area contributed by atoms with Crippen molar-refractivity contribution < 1.29 is 29.2 Å². The van der Waals surface area contributed by atoms with Gasteiger partial charge in [-0.05, 0) is 33.3 Å². The molecule has 0 saturated carbocycles. The number of likely N-dealkylation sites (tertiary alicyclic amines) is 1. The van der Waals surface area contributed by atoms with Crippen molar-refractivity contribution in [1.29, 1.82) is 0 Å². The van der Waals surface area contributed by atoms with E-state index >= 15 is 0 Å². The number of aliphatic hydroxyl groups is 2. The molecular formula is C22H31FN4O5. The zero-order valence-electron chi connectivity index (χ0n) is 18.8. The lowest BCUT2D eigenvalue weighted by molar-refractivity contribution is -0.0369. The van der Waals surface area contributed by atoms with E-state index in [1.807, 2.05) is 4.90 Å². The lowest BCUT2D eigenvalue weighted by Crippen LogP contribution is -2.61. The van der Waals surface area contributed by atoms with Gasteiger partial charge < -0.3 is 20.1 Å². The summed E-state index contributed by atoms with van der Waals surface area (Å²) in [5.74, 6) is -0.866. The van der Waals surface area contributed by atoms with Gasteiger partial charge >= 0.3 is 6.09 Å². The van der Waals surface area contributed by atoms with Crippen molar-refractivity contribution in [3.8, 4) is 5.88 Å². The molecule has 3 heterocycles. The van der Waals surface area contributed by atoms with Crippen molar-refractivity contribution in [2.75, 3.05) is 33.4 Å². The summed E-state index contributed by atoms with van der Waals surface area (Å²) in [5.41, 5.74) is 0.400. The molecule has 0 aromatic carbocycles. The first-order valence-electron chi connectivity index (χ1n) is 10.6. The van der Waals surface area contributed by atoms with Gasteiger partial charge in [-0.25, -0.2) is 14.2 Å². The van der Waals surface area contributed by atoms with Crippen LogP contribution in [0.4, 0.5) is 9.18 Å². The Morgan fingerprint density at radius 3 is 2.69 bits per heavy atom. The number of hydrogen-bond acceptors (Lipinski definition) is 7. The summed E-state index contributed by atoms with van der Waals surface area (Å²) in [6, 6.07) is 2.77. The summed E-state index contributed by atoms with van der Waals surface area (Å²) in [6.07, 6.45) is -0.442. The van der Waals surface area contributed by atoms with Gasteiger partial charge in [0.25, 0.3) is 0 Å². The standard InChI is InChI=1S/C22H31FN4O5/c1-22(2,3)27(21(30)31)16-7-8-26(11-17(16)29)10-13(12-28)19-14(23)9-24-15-5-6-18(32-4)25-20(15)19/h5-6,9,13,16-17,28-29H,7-8,10-12H2,1-4H3,(H,30,31)/t13?,16-,17-/m1/s1. The number of β-amino-alcohol motifs (C(OH)–C–C–N with tert-alkyl or cyclic N) is 1. The van der Waals surface area contributed by atoms with Crippen molar-refractivity contribution in [1.82, 2.24) is 19.8 Å². The van der Waals surface area contributed by atoms with Gasteiger partial charge in [0.15, 0.2) is 0 Å². The molecule has 2 aromatic rings. The van der Waals surface area contributed by atoms with Gasteiger partial charge in [-0.15, -0.1) is 0 Å². The number of rotatable bonds is 6. The third-order valence-electron chi connectivity index (χ3n) is 5.89. The highest BCUT2D eigenvalue weighted by molar-refractivity contribution is 5.79. The van der Waals surface area contributed by atoms with Crippen LogP contribution in [0.25, 0.3) is 11.0 Å². The molecule has 9 nitrogen and oxygen atoms in total. The maximum Gasteiger partial charge on any atom is 0.408 e. The summed E-state index contributed by atoms with van der Waals surface area (Å²) in [4.78, 5) is 23.4. The van der Waals surface area contributed by atoms with Gasteiger partial charge in [-0.2, -0.15) is 0 Å². The molecule has 1 saturated heterocycles. The number of carbonyl (C=O) groups is 1. The first-order chi connectivity index (χ1) is 15.1. The van der Waals surface area contributed by atoms with Crippen LogP contribution >= 0.6 is 0 Å². The van der Waals surface area contributed by atoms with E-state index < -0.39 is 35.5 Å². The molecule has 3 atom stereocenters. The molecule has 1 fully saturated rings. The molecular weight excluding hydrogens is 419 g/mol. The van der Waals surface area contributed by atoms with Crippen LogP contribution in [-0.2, 0) is 0 Å². The Balaban J connectivity index is 1.82. The molecule has 3 N–H and O–H groups in total. The Labute approximate surface area is 186 Å². The van der Waals surface area contributed by atoms with E-state index in [4.69, 9.17) is 4.74 Å². The third kappa shape index (κ3) is 4.92. The van der Waals surface area contributed by atoms with Gasteiger partial charge in [0.1, 0.15) is 5.82 Å². The number of nitrogens with zero attached hydrogens (tertiary/aromatic N) is 4. The minimum atomic E-state index is -1.08. The zero-order valence-corrected chi connectivity index (χ0v) is 18.8. The molecule has 1 aliphatic rings. The van der Waals surface area contributed by atoms with Gasteiger partial charge in [0.2, 0.25) is 5.88 Å². The number of piperidine rings is 1. The normalized spacial score (nSPS) is 20.8. The van der Waals surface area contributed by atoms with E-state index in [0.717, 1.165) is 6.20 Å². The molecule has 1 aliphatic heterocycles. The minimum absolute atomic E-state index is 0.211. The van der Waals surface area contributed by atoms with Crippen LogP contribution in [0.5, 0.6) is 5.88 Å². The average molecular weight is 451 g/mol. The van der Waals surface area contributed by atoms with Gasteiger partial charge in [0.05, 0.1) is 43.1 Å². The van der Waals surface area contributed by atoms with Crippen LogP contribution in [-0.4, -0.2) is 92.2 Å². The second-order valence-electron chi connectivity index (χ2n) is 9.13. The number of fused-ring (bicyclic) bond motifs is 1. The van der Waals surface area contributed by atoms with Crippen LogP contribution in [0, 0.1) is 5.82 Å². The quantitative estimate of drug-likeness (QED) is 0.612. The highest BCUT2D eigenvalue weighted by atomic mass is 19.1. The van der Waals surface area contributed by atoms with Crippen LogP contribution in [0.15, 0.2) is 18.3 Å². The molecule has 0 spiro atoms. The van der Waals surface area contributed by atoms with Crippen molar-refractivity contribution >= 4 is 17.1 Å². The monoisotopic (exact) mass is 450 g/mol. The summed E-state index contributed by atoms with van der Waals surface area (Å²) in [6.45, 7) is 6.04. The zero-order chi connectivity index (χ0) is 23.6. The summed E-state index contributed by atoms with van der Waals surface area (Å²) >= 11 is 0. The lowest BCUT2D eigenvalue weighted by Gasteiger charge is -2.46. The molecule has 32 heavy (non-hydrogen) atoms. The average Bonchev–Trinajstić information content (AvgIpc) is 2.72. The van der Waals surface area contributed by atoms with Crippen LogP contribution < -0.4 is 4.74 Å². The highest BCUT2D eigenvalue weighted by Gasteiger charge is 2.40. The summed E-state index contributed by atoms with van der Waals surface area (Å²) < 4.78 is 20.0. The molecule has 1 unspecified atom stereocenters. The predicted octanol–water partition coefficient (Wildman–Crippen LogP) is 2.07. The van der Waals surface area contributed by atoms with Crippen LogP contribution in [0.2, 0.25) is 0 Å². The second kappa shape index (κ2) is 9.51. The van der Waals surface area contributed by atoms with Crippen LogP contribution in [0.1, 0.15) is 38.7 Å². The number of pyridine rings is 2. The van der Waals surface area contributed by atoms with Gasteiger partial charge in [-0.3, -0.25) is 14.8 Å². The van der Waals surface area contributed by atoms with Crippen molar-refractivity contribution in [3.63, 3.8) is 0 Å². The Morgan fingerprint density at radius 1 is 1.41 bits per heavy atom. The largest absolute Gasteiger partial charge is 0.481 e. The fourth-order valence-electron chi connectivity index (χ4n) is 4.48. The summed E-state index contributed by atoms with van der Waals surface area (Å²) in [7, 11) is 1.47. The van der Waals surface area contributed by atoms with Crippen molar-refractivity contribution in [2.24, 2.45) is 0 Å². The predicted molar refractivity (Wildman–Crippen MR) is 116 cm³/mol. The molecule has 176 valence electrons. The van der Waals surface area contributed by atoms with E-state index in [-0.39, 0.29) is 25.3 Å². The number of aliphatic hydroxyl groups excluding tert-OH is 2. The fraction of sp³-hybridized carbons (Fsp3) is 0.591. The number of hydrogen-bond donors (Lipinski definition) is 3. The van der Waals surface area contributed by atoms with Crippen molar-refractivity contribution in [3.05, 3.63) is 29.7 Å². The molecule has 10 heteroatoms. The van der Waals surface area contributed by atoms with Crippen LogP contribution in [0.3, 0.4) is 0 Å². The topological polar surface area (TPSA) is 119 Å². The molecule has 0 bridgehead atoms. The number of aromatic nitrogens is 2. The first-order valence-corrected chi connectivity index (χ1v) is 10.6. The maximum atomic E-state index is 14.8. The maximum absolute atomic E-state index is 14.8. The molecule has 2 aromatic heterocycles. The van der Waals surface area contributed by atoms with Gasteiger partial charge in [-0.1, -0.05) is 0 Å². The van der Waals surface area contributed by atoms with E-state index in [1.54, 1.807) is 32.9 Å². The van der Waals surface area contributed by atoms with E-state index in [0.29, 0.717) is 29.9 Å². The van der Waals surface area contributed by atoms with Crippen molar-refractivity contribution in [2.45, 2.75) is 50.8 Å². The third-order valence-corrected chi connectivity index (χ3v) is 5.89. The Kier molecular flexibility index (Phi) is 7.16. The Bertz CT molecular complexity index is 967. The molecule has 0 radical (unpaired) electrons. The highest BCUT2D eigenvalue weighted by Crippen LogP contribution is 2.30. The molecule has 1 amide bonds. The number of methoxy groups -OCH3 is 1. The van der Waals surface area contributed by atoms with E-state index in [9.17, 15) is 24.5 Å². The SMILES string of the molecule is COc1ccc2ncc(F)c(C(CO)CN3CC[C@@H](N(C(=O)O)C(C)(C)C)[C@H](O)C3)c2n1. The number of halogens is 1. The van der Waals surface area contributed by atoms with E-state index in [2.05, 4.69) is 9.97 Å². The Hall–Kier alpha value is -2.56. The first kappa shape index (κ1) is 24.1. The Morgan fingerprint density at radius 2 is 2.12 bits per heavy atom.